The molecule has 2 aromatic rings. The highest BCUT2D eigenvalue weighted by Crippen LogP contribution is 2.35. The van der Waals surface area contributed by atoms with Crippen LogP contribution in [0.2, 0.25) is 0 Å². The van der Waals surface area contributed by atoms with Crippen molar-refractivity contribution in [1.29, 1.82) is 0 Å². The molecule has 0 amide bonds. The van der Waals surface area contributed by atoms with Crippen LogP contribution in [0.15, 0.2) is 54.6 Å². The van der Waals surface area contributed by atoms with E-state index in [0.717, 1.165) is 11.5 Å². The summed E-state index contributed by atoms with van der Waals surface area (Å²) in [5, 5.41) is 9.39. The van der Waals surface area contributed by atoms with Gasteiger partial charge in [-0.1, -0.05) is 74.4 Å². The molecule has 3 rings (SSSR count). The summed E-state index contributed by atoms with van der Waals surface area (Å²) in [7, 11) is 0. The second-order valence-electron chi connectivity index (χ2n) is 7.49. The average molecular weight is 366 g/mol. The summed E-state index contributed by atoms with van der Waals surface area (Å²) in [6.07, 6.45) is 5.01. The Bertz CT molecular complexity index is 759. The van der Waals surface area contributed by atoms with E-state index in [1.807, 2.05) is 12.1 Å². The predicted octanol–water partition coefficient (Wildman–Crippen LogP) is 4.89. The highest BCUT2D eigenvalue weighted by molar-refractivity contribution is 5.99. The molecular weight excluding hydrogens is 340 g/mol. The van der Waals surface area contributed by atoms with Crippen molar-refractivity contribution in [3.05, 3.63) is 71.3 Å². The summed E-state index contributed by atoms with van der Waals surface area (Å²) in [4.78, 5) is 23.8. The quantitative estimate of drug-likeness (QED) is 0.584. The van der Waals surface area contributed by atoms with Crippen molar-refractivity contribution in [3.63, 3.8) is 0 Å². The molecule has 0 radical (unpaired) electrons. The number of carbonyl (C=O) groups is 2. The lowest BCUT2D eigenvalue weighted by Gasteiger charge is -2.26. The van der Waals surface area contributed by atoms with Crippen molar-refractivity contribution in [2.24, 2.45) is 5.92 Å². The Morgan fingerprint density at radius 3 is 2.22 bits per heavy atom. The topological polar surface area (TPSA) is 63.6 Å². The minimum absolute atomic E-state index is 0.0808. The van der Waals surface area contributed by atoms with Crippen LogP contribution in [0.5, 0.6) is 0 Å². The van der Waals surface area contributed by atoms with E-state index in [0.29, 0.717) is 11.5 Å². The van der Waals surface area contributed by atoms with E-state index >= 15 is 0 Å². The fourth-order valence-electron chi connectivity index (χ4n) is 3.74. The number of rotatable bonds is 6. The first kappa shape index (κ1) is 19.2. The van der Waals surface area contributed by atoms with Gasteiger partial charge in [-0.05, 0) is 41.4 Å². The fourth-order valence-corrected chi connectivity index (χ4v) is 3.74. The third-order valence-corrected chi connectivity index (χ3v) is 5.46. The molecule has 0 saturated heterocycles. The van der Waals surface area contributed by atoms with Crippen LogP contribution in [0.4, 0.5) is 0 Å². The molecule has 0 heterocycles. The summed E-state index contributed by atoms with van der Waals surface area (Å²) >= 11 is 0. The monoisotopic (exact) mass is 366 g/mol. The average Bonchev–Trinajstić information content (AvgIpc) is 2.68. The molecule has 1 atom stereocenters. The van der Waals surface area contributed by atoms with Crippen molar-refractivity contribution < 1.29 is 19.4 Å². The molecule has 4 heteroatoms. The van der Waals surface area contributed by atoms with E-state index in [9.17, 15) is 14.7 Å². The van der Waals surface area contributed by atoms with Crippen LogP contribution in [0.25, 0.3) is 0 Å². The van der Waals surface area contributed by atoms with Gasteiger partial charge in [0.1, 0.15) is 6.61 Å². The molecule has 0 aliphatic heterocycles. The van der Waals surface area contributed by atoms with Crippen molar-refractivity contribution >= 4 is 11.9 Å². The van der Waals surface area contributed by atoms with E-state index in [1.54, 1.807) is 30.3 Å². The van der Waals surface area contributed by atoms with Gasteiger partial charge < -0.3 is 9.84 Å². The molecule has 27 heavy (non-hydrogen) atoms. The van der Waals surface area contributed by atoms with Crippen molar-refractivity contribution in [3.8, 4) is 0 Å². The third-order valence-electron chi connectivity index (χ3n) is 5.46. The maximum Gasteiger partial charge on any atom is 0.325 e. The number of carboxylic acids is 1. The lowest BCUT2D eigenvalue weighted by Crippen LogP contribution is -2.23. The van der Waals surface area contributed by atoms with Crippen LogP contribution in [0.1, 0.15) is 61.1 Å². The minimum atomic E-state index is -1.30. The smallest absolute Gasteiger partial charge is 0.325 e. The minimum Gasteiger partial charge on any atom is -0.480 e. The maximum absolute atomic E-state index is 12.3. The number of benzene rings is 2. The zero-order valence-electron chi connectivity index (χ0n) is 15.6. The molecule has 1 unspecified atom stereocenters. The van der Waals surface area contributed by atoms with Gasteiger partial charge in [-0.3, -0.25) is 9.59 Å². The number of esters is 1. The number of hydrogen-bond acceptors (Lipinski definition) is 3. The largest absolute Gasteiger partial charge is 0.480 e. The Kier molecular flexibility index (Phi) is 6.28. The number of carboxylic acid groups (broad SMARTS) is 1. The van der Waals surface area contributed by atoms with Gasteiger partial charge in [0.05, 0.1) is 0 Å². The van der Waals surface area contributed by atoms with E-state index in [1.165, 1.54) is 31.2 Å². The van der Waals surface area contributed by atoms with Crippen LogP contribution >= 0.6 is 0 Å². The molecule has 2 aromatic carbocycles. The van der Waals surface area contributed by atoms with Gasteiger partial charge in [0.25, 0.3) is 0 Å². The Hall–Kier alpha value is -2.62. The zero-order chi connectivity index (χ0) is 19.2. The second kappa shape index (κ2) is 8.85. The summed E-state index contributed by atoms with van der Waals surface area (Å²) in [6, 6.07) is 16.6. The highest BCUT2D eigenvalue weighted by Gasteiger charge is 2.29. The molecular formula is C23H26O4. The fraction of sp³-hybridized carbons (Fsp3) is 0.391. The van der Waals surface area contributed by atoms with Crippen LogP contribution in [0, 0.1) is 5.92 Å². The van der Waals surface area contributed by atoms with Crippen molar-refractivity contribution in [2.45, 2.75) is 51.0 Å². The first-order chi connectivity index (χ1) is 13.0. The van der Waals surface area contributed by atoms with Gasteiger partial charge in [-0.2, -0.15) is 0 Å². The third kappa shape index (κ3) is 4.97. The summed E-state index contributed by atoms with van der Waals surface area (Å²) < 4.78 is 5.29. The lowest BCUT2D eigenvalue weighted by molar-refractivity contribution is -0.155. The van der Waals surface area contributed by atoms with Gasteiger partial charge in [0.2, 0.25) is 0 Å². The molecule has 1 fully saturated rings. The molecule has 4 nitrogen and oxygen atoms in total. The molecule has 1 aliphatic carbocycles. The zero-order valence-corrected chi connectivity index (χ0v) is 15.6. The van der Waals surface area contributed by atoms with Crippen LogP contribution in [-0.4, -0.2) is 17.0 Å². The van der Waals surface area contributed by atoms with Gasteiger partial charge in [0.15, 0.2) is 5.92 Å². The summed E-state index contributed by atoms with van der Waals surface area (Å²) in [5.74, 6) is -1.79. The lowest BCUT2D eigenvalue weighted by atomic mass is 9.79. The van der Waals surface area contributed by atoms with Crippen molar-refractivity contribution in [1.82, 2.24) is 0 Å². The molecule has 1 N–H and O–H groups in total. The number of carbonyl (C=O) groups excluding carboxylic acids is 1. The molecule has 0 spiro atoms. The number of hydrogen-bond donors (Lipinski definition) is 1. The van der Waals surface area contributed by atoms with Gasteiger partial charge in [-0.25, -0.2) is 0 Å². The Labute approximate surface area is 160 Å². The Balaban J connectivity index is 1.59. The molecule has 1 saturated carbocycles. The summed E-state index contributed by atoms with van der Waals surface area (Å²) in [5.41, 5.74) is 2.63. The van der Waals surface area contributed by atoms with Crippen LogP contribution in [0.3, 0.4) is 0 Å². The van der Waals surface area contributed by atoms with E-state index < -0.39 is 17.9 Å². The Morgan fingerprint density at radius 1 is 1.00 bits per heavy atom. The van der Waals surface area contributed by atoms with Crippen molar-refractivity contribution in [2.75, 3.05) is 0 Å². The second-order valence-corrected chi connectivity index (χ2v) is 7.49. The normalized spacial score (nSPS) is 20.6. The number of aliphatic carboxylic acids is 1. The van der Waals surface area contributed by atoms with Gasteiger partial charge in [0, 0.05) is 0 Å². The van der Waals surface area contributed by atoms with E-state index in [-0.39, 0.29) is 6.61 Å². The Morgan fingerprint density at radius 2 is 1.63 bits per heavy atom. The predicted molar refractivity (Wildman–Crippen MR) is 103 cm³/mol. The first-order valence-corrected chi connectivity index (χ1v) is 9.58. The molecule has 0 aromatic heterocycles. The standard InChI is InChI=1S/C23H26O4/c1-16-7-11-18(12-8-16)19-13-9-17(10-14-19)15-27-23(26)21(22(24)25)20-5-3-2-4-6-20/h2-6,9-10,13-14,16,18,21H,7-8,11-12,15H2,1H3,(H,24,25). The molecule has 1 aliphatic rings. The van der Waals surface area contributed by atoms with E-state index in [2.05, 4.69) is 19.1 Å². The number of ether oxygens (including phenoxy) is 1. The SMILES string of the molecule is CC1CCC(c2ccc(COC(=O)C(C(=O)O)c3ccccc3)cc2)CC1. The highest BCUT2D eigenvalue weighted by atomic mass is 16.5. The van der Waals surface area contributed by atoms with Crippen LogP contribution < -0.4 is 0 Å². The molecule has 142 valence electrons. The van der Waals surface area contributed by atoms with E-state index in [4.69, 9.17) is 4.74 Å². The maximum atomic E-state index is 12.3. The van der Waals surface area contributed by atoms with Gasteiger partial charge >= 0.3 is 11.9 Å². The summed E-state index contributed by atoms with van der Waals surface area (Å²) in [6.45, 7) is 2.39. The van der Waals surface area contributed by atoms with Crippen LogP contribution in [-0.2, 0) is 20.9 Å². The first-order valence-electron chi connectivity index (χ1n) is 9.58. The van der Waals surface area contributed by atoms with Gasteiger partial charge in [-0.15, -0.1) is 0 Å². The molecule has 0 bridgehead atoms.